The van der Waals surface area contributed by atoms with Gasteiger partial charge < -0.3 is 19.1 Å². The smallest absolute Gasteiger partial charge is 0.305 e. The van der Waals surface area contributed by atoms with E-state index < -0.39 is 0 Å². The van der Waals surface area contributed by atoms with Crippen molar-refractivity contribution in [1.82, 2.24) is 9.80 Å². The van der Waals surface area contributed by atoms with E-state index in [1.54, 1.807) is 14.2 Å². The molecule has 0 unspecified atom stereocenters. The van der Waals surface area contributed by atoms with Crippen LogP contribution in [0.25, 0.3) is 10.8 Å². The Labute approximate surface area is 232 Å². The number of nitrogens with zero attached hydrogens (tertiary/aromatic N) is 3. The van der Waals surface area contributed by atoms with Gasteiger partial charge in [-0.1, -0.05) is 42.5 Å². The van der Waals surface area contributed by atoms with Gasteiger partial charge in [0.15, 0.2) is 0 Å². The normalized spacial score (nSPS) is 20.6. The Morgan fingerprint density at radius 3 is 2.28 bits per heavy atom. The van der Waals surface area contributed by atoms with Gasteiger partial charge in [0.2, 0.25) is 0 Å². The number of rotatable bonds is 9. The molecule has 0 N–H and O–H groups in total. The highest BCUT2D eigenvalue weighted by atomic mass is 16.5. The topological polar surface area (TPSA) is 54.5 Å². The molecule has 2 saturated heterocycles. The Morgan fingerprint density at radius 1 is 0.821 bits per heavy atom. The predicted octanol–water partition coefficient (Wildman–Crippen LogP) is 4.82. The summed E-state index contributed by atoms with van der Waals surface area (Å²) in [5.74, 6) is 2.14. The molecular weight excluding hydrogens is 490 g/mol. The van der Waals surface area contributed by atoms with Crippen LogP contribution in [0.15, 0.2) is 60.7 Å². The van der Waals surface area contributed by atoms with Gasteiger partial charge in [0.05, 0.1) is 27.0 Å². The van der Waals surface area contributed by atoms with Gasteiger partial charge in [-0.15, -0.1) is 0 Å². The highest BCUT2D eigenvalue weighted by Crippen LogP contribution is 2.33. The number of hydrogen-bond donors (Lipinski definition) is 0. The van der Waals surface area contributed by atoms with Crippen LogP contribution in [0, 0.1) is 5.92 Å². The first-order valence-electron chi connectivity index (χ1n) is 14.1. The minimum absolute atomic E-state index is 0.118. The molecule has 0 radical (unpaired) electrons. The van der Waals surface area contributed by atoms with Gasteiger partial charge in [-0.2, -0.15) is 0 Å². The molecule has 7 heteroatoms. The number of anilines is 1. The number of fused-ring (bicyclic) bond motifs is 1. The van der Waals surface area contributed by atoms with E-state index in [4.69, 9.17) is 14.2 Å². The van der Waals surface area contributed by atoms with Crippen LogP contribution in [0.2, 0.25) is 0 Å². The molecule has 0 saturated carbocycles. The minimum atomic E-state index is -0.118. The summed E-state index contributed by atoms with van der Waals surface area (Å²) in [5.41, 5.74) is 2.49. The van der Waals surface area contributed by atoms with E-state index in [1.165, 1.54) is 23.7 Å². The average Bonchev–Trinajstić information content (AvgIpc) is 3.00. The van der Waals surface area contributed by atoms with Gasteiger partial charge in [-0.05, 0) is 54.5 Å². The number of ether oxygens (including phenoxy) is 3. The quantitative estimate of drug-likeness (QED) is 0.367. The van der Waals surface area contributed by atoms with Crippen molar-refractivity contribution in [3.05, 3.63) is 66.2 Å². The number of carbonyl (C=O) groups is 1. The number of likely N-dealkylation sites (tertiary alicyclic amines) is 1. The molecule has 0 spiro atoms. The van der Waals surface area contributed by atoms with Crippen LogP contribution in [0.5, 0.6) is 11.5 Å². The van der Waals surface area contributed by atoms with Crippen molar-refractivity contribution in [3.63, 3.8) is 0 Å². The third-order valence-corrected chi connectivity index (χ3v) is 8.52. The zero-order chi connectivity index (χ0) is 27.2. The molecule has 2 aliphatic rings. The van der Waals surface area contributed by atoms with Crippen LogP contribution in [0.1, 0.15) is 24.8 Å². The summed E-state index contributed by atoms with van der Waals surface area (Å²) in [6.07, 6.45) is 2.43. The summed E-state index contributed by atoms with van der Waals surface area (Å²) in [6.45, 7) is 6.90. The molecule has 0 amide bonds. The van der Waals surface area contributed by atoms with Crippen LogP contribution >= 0.6 is 0 Å². The summed E-state index contributed by atoms with van der Waals surface area (Å²) in [5, 5.41) is 2.40. The molecule has 39 heavy (non-hydrogen) atoms. The monoisotopic (exact) mass is 531 g/mol. The highest BCUT2D eigenvalue weighted by molar-refractivity contribution is 5.91. The van der Waals surface area contributed by atoms with Gasteiger partial charge in [0, 0.05) is 57.1 Å². The van der Waals surface area contributed by atoms with E-state index in [1.807, 2.05) is 12.1 Å². The first-order valence-corrected chi connectivity index (χ1v) is 14.1. The van der Waals surface area contributed by atoms with E-state index in [2.05, 4.69) is 63.2 Å². The van der Waals surface area contributed by atoms with E-state index in [0.717, 1.165) is 75.5 Å². The minimum Gasteiger partial charge on any atom is -0.496 e. The molecule has 5 rings (SSSR count). The van der Waals surface area contributed by atoms with Crippen LogP contribution in [0.4, 0.5) is 5.69 Å². The molecule has 208 valence electrons. The van der Waals surface area contributed by atoms with Crippen molar-refractivity contribution in [2.75, 3.05) is 65.5 Å². The second kappa shape index (κ2) is 12.7. The Morgan fingerprint density at radius 2 is 1.54 bits per heavy atom. The lowest BCUT2D eigenvalue weighted by Crippen LogP contribution is -2.56. The maximum absolute atomic E-state index is 12.1. The molecule has 2 atom stereocenters. The van der Waals surface area contributed by atoms with Gasteiger partial charge in [-0.3, -0.25) is 14.6 Å². The summed E-state index contributed by atoms with van der Waals surface area (Å²) >= 11 is 0. The van der Waals surface area contributed by atoms with Crippen molar-refractivity contribution in [2.24, 2.45) is 5.92 Å². The Balaban J connectivity index is 1.28. The molecule has 2 aliphatic heterocycles. The molecule has 3 aromatic carbocycles. The van der Waals surface area contributed by atoms with Gasteiger partial charge in [0.25, 0.3) is 0 Å². The molecule has 0 bridgehead atoms. The Hall–Kier alpha value is -3.29. The Kier molecular flexibility index (Phi) is 8.89. The summed E-state index contributed by atoms with van der Waals surface area (Å²) in [4.78, 5) is 19.8. The third-order valence-electron chi connectivity index (χ3n) is 8.52. The number of esters is 1. The van der Waals surface area contributed by atoms with Crippen molar-refractivity contribution in [3.8, 4) is 11.5 Å². The lowest BCUT2D eigenvalue weighted by atomic mass is 9.86. The zero-order valence-corrected chi connectivity index (χ0v) is 23.5. The molecule has 2 heterocycles. The largest absolute Gasteiger partial charge is 0.496 e. The van der Waals surface area contributed by atoms with Crippen molar-refractivity contribution in [1.29, 1.82) is 0 Å². The number of para-hydroxylation sites is 2. The summed E-state index contributed by atoms with van der Waals surface area (Å²) in [6, 6.07) is 21.5. The molecule has 3 aromatic rings. The molecule has 0 aromatic heterocycles. The molecule has 0 aliphatic carbocycles. The van der Waals surface area contributed by atoms with Crippen LogP contribution in [0.3, 0.4) is 0 Å². The van der Waals surface area contributed by atoms with Crippen LogP contribution in [-0.2, 0) is 16.1 Å². The molecule has 2 fully saturated rings. The lowest BCUT2D eigenvalue weighted by molar-refractivity contribution is -0.141. The highest BCUT2D eigenvalue weighted by Gasteiger charge is 2.35. The lowest BCUT2D eigenvalue weighted by Gasteiger charge is -2.47. The fourth-order valence-corrected chi connectivity index (χ4v) is 6.48. The van der Waals surface area contributed by atoms with Crippen molar-refractivity contribution >= 4 is 22.4 Å². The fraction of sp³-hybridized carbons (Fsp3) is 0.469. The summed E-state index contributed by atoms with van der Waals surface area (Å²) in [7, 11) is 4.96. The van der Waals surface area contributed by atoms with E-state index >= 15 is 0 Å². The first kappa shape index (κ1) is 27.3. The fourth-order valence-electron chi connectivity index (χ4n) is 6.48. The van der Waals surface area contributed by atoms with E-state index in [-0.39, 0.29) is 5.97 Å². The number of benzene rings is 3. The molecule has 7 nitrogen and oxygen atoms in total. The Bertz CT molecular complexity index is 1260. The maximum Gasteiger partial charge on any atom is 0.305 e. The second-order valence-electron chi connectivity index (χ2n) is 10.6. The standard InChI is InChI=1S/C32H41N3O4/c1-37-30-14-12-24(26-8-4-5-9-27(26)30)22-33-17-16-28(25(23-33)13-15-32(36)39-3)34-18-20-35(21-19-34)29-10-6-7-11-31(29)38-2/h4-12,14,25,28H,13,15-23H2,1-3H3/t25-,28+/m1/s1. The SMILES string of the molecule is COC(=O)CC[C@@H]1CN(Cc2ccc(OC)c3ccccc23)CC[C@@H]1N1CCN(c2ccccc2OC)CC1. The van der Waals surface area contributed by atoms with Crippen LogP contribution in [-0.4, -0.2) is 82.4 Å². The first-order chi connectivity index (χ1) is 19.1. The third kappa shape index (κ3) is 6.15. The number of hydrogen-bond acceptors (Lipinski definition) is 7. The van der Waals surface area contributed by atoms with Gasteiger partial charge in [0.1, 0.15) is 11.5 Å². The number of piperidine rings is 1. The van der Waals surface area contributed by atoms with E-state index in [0.29, 0.717) is 18.4 Å². The predicted molar refractivity (Wildman–Crippen MR) is 156 cm³/mol. The zero-order valence-electron chi connectivity index (χ0n) is 23.5. The molecular formula is C32H41N3O4. The second-order valence-corrected chi connectivity index (χ2v) is 10.6. The van der Waals surface area contributed by atoms with Crippen molar-refractivity contribution < 1.29 is 19.0 Å². The number of carbonyl (C=O) groups excluding carboxylic acids is 1. The van der Waals surface area contributed by atoms with Crippen LogP contribution < -0.4 is 14.4 Å². The maximum atomic E-state index is 12.1. The van der Waals surface area contributed by atoms with E-state index in [9.17, 15) is 4.79 Å². The van der Waals surface area contributed by atoms with Crippen molar-refractivity contribution in [2.45, 2.75) is 31.8 Å². The average molecular weight is 532 g/mol. The van der Waals surface area contributed by atoms with Gasteiger partial charge in [-0.25, -0.2) is 0 Å². The number of piperazine rings is 1. The number of methoxy groups -OCH3 is 3. The van der Waals surface area contributed by atoms with Gasteiger partial charge >= 0.3 is 5.97 Å². The summed E-state index contributed by atoms with van der Waals surface area (Å²) < 4.78 is 16.2.